The van der Waals surface area contributed by atoms with Gasteiger partial charge in [0.2, 0.25) is 0 Å². The largest absolute Gasteiger partial charge is 0.465 e. The van der Waals surface area contributed by atoms with E-state index in [9.17, 15) is 4.21 Å². The molecule has 2 aliphatic rings. The number of aliphatic imine (C=N–C) groups is 1. The number of furan rings is 1. The topological polar surface area (TPSA) is 69.9 Å². The van der Waals surface area contributed by atoms with Gasteiger partial charge in [-0.25, -0.2) is 0 Å². The molecule has 8 heteroatoms. The van der Waals surface area contributed by atoms with Gasteiger partial charge in [-0.3, -0.25) is 14.1 Å². The first-order chi connectivity index (χ1) is 13.6. The summed E-state index contributed by atoms with van der Waals surface area (Å²) in [4.78, 5) is 6.94. The number of rotatable bonds is 7. The van der Waals surface area contributed by atoms with Gasteiger partial charge in [0.05, 0.1) is 6.04 Å². The van der Waals surface area contributed by atoms with Crippen LogP contribution >= 0.6 is 24.0 Å². The second-order valence-electron chi connectivity index (χ2n) is 7.96. The van der Waals surface area contributed by atoms with Crippen molar-refractivity contribution >= 4 is 40.7 Å². The summed E-state index contributed by atoms with van der Waals surface area (Å²) < 4.78 is 18.2. The zero-order valence-corrected chi connectivity index (χ0v) is 21.1. The average molecular weight is 537 g/mol. The Bertz CT molecular complexity index is 675. The van der Waals surface area contributed by atoms with Crippen LogP contribution in [0.1, 0.15) is 63.0 Å². The van der Waals surface area contributed by atoms with Crippen LogP contribution in [0.3, 0.4) is 0 Å². The summed E-state index contributed by atoms with van der Waals surface area (Å²) in [5.74, 6) is 3.57. The average Bonchev–Trinajstić information content (AvgIpc) is 3.39. The van der Waals surface area contributed by atoms with Crippen molar-refractivity contribution in [3.63, 3.8) is 0 Å². The lowest BCUT2D eigenvalue weighted by Gasteiger charge is -2.31. The molecular formula is C21H37IN4O2S. The highest BCUT2D eigenvalue weighted by Gasteiger charge is 2.28. The minimum Gasteiger partial charge on any atom is -0.465 e. The van der Waals surface area contributed by atoms with E-state index in [0.29, 0.717) is 11.3 Å². The number of guanidine groups is 1. The van der Waals surface area contributed by atoms with Gasteiger partial charge in [-0.1, -0.05) is 13.3 Å². The molecular weight excluding hydrogens is 499 g/mol. The lowest BCUT2D eigenvalue weighted by atomic mass is 9.95. The van der Waals surface area contributed by atoms with E-state index in [2.05, 4.69) is 26.6 Å². The van der Waals surface area contributed by atoms with Crippen LogP contribution in [-0.2, 0) is 10.8 Å². The van der Waals surface area contributed by atoms with Crippen LogP contribution in [0.2, 0.25) is 0 Å². The SMILES string of the molecule is CCS(=O)C1CCCC(NC(=NC)NCC(c2ccc(C)o2)N2CCCC2)C1.I. The summed E-state index contributed by atoms with van der Waals surface area (Å²) in [5.41, 5.74) is 0. The Hall–Kier alpha value is -0.610. The van der Waals surface area contributed by atoms with Crippen LogP contribution < -0.4 is 10.6 Å². The van der Waals surface area contributed by atoms with Crippen molar-refractivity contribution in [2.75, 3.05) is 32.4 Å². The number of hydrogen-bond donors (Lipinski definition) is 2. The summed E-state index contributed by atoms with van der Waals surface area (Å²) >= 11 is 0. The zero-order valence-electron chi connectivity index (χ0n) is 18.0. The summed E-state index contributed by atoms with van der Waals surface area (Å²) in [6, 6.07) is 4.71. The van der Waals surface area contributed by atoms with E-state index >= 15 is 0 Å². The Morgan fingerprint density at radius 2 is 2.07 bits per heavy atom. The van der Waals surface area contributed by atoms with Crippen molar-refractivity contribution in [3.8, 4) is 0 Å². The highest BCUT2D eigenvalue weighted by Crippen LogP contribution is 2.26. The highest BCUT2D eigenvalue weighted by molar-refractivity contribution is 14.0. The molecule has 4 atom stereocenters. The van der Waals surface area contributed by atoms with Crippen LogP contribution in [0, 0.1) is 6.92 Å². The standard InChI is InChI=1S/C21H36N4O2S.HI/c1-4-28(26)18-9-7-8-17(14-18)24-21(22-3)23-15-19(25-12-5-6-13-25)20-11-10-16(2)27-20;/h10-11,17-19H,4-9,12-15H2,1-3H3,(H2,22,23,24);1H. The molecule has 2 heterocycles. The monoisotopic (exact) mass is 536 g/mol. The van der Waals surface area contributed by atoms with Crippen molar-refractivity contribution in [3.05, 3.63) is 23.7 Å². The normalized spacial score (nSPS) is 25.3. The Kier molecular flexibility index (Phi) is 10.5. The third kappa shape index (κ3) is 6.95. The molecule has 1 aliphatic carbocycles. The van der Waals surface area contributed by atoms with Crippen molar-refractivity contribution in [1.82, 2.24) is 15.5 Å². The van der Waals surface area contributed by atoms with Crippen molar-refractivity contribution in [2.45, 2.75) is 69.7 Å². The van der Waals surface area contributed by atoms with Gasteiger partial charge in [0.1, 0.15) is 11.5 Å². The number of aryl methyl sites for hydroxylation is 1. The van der Waals surface area contributed by atoms with Crippen molar-refractivity contribution < 1.29 is 8.63 Å². The molecule has 2 fully saturated rings. The molecule has 166 valence electrons. The molecule has 1 aliphatic heterocycles. The minimum absolute atomic E-state index is 0. The molecule has 0 bridgehead atoms. The molecule has 0 spiro atoms. The third-order valence-electron chi connectivity index (χ3n) is 5.98. The molecule has 1 aromatic heterocycles. The predicted octanol–water partition coefficient (Wildman–Crippen LogP) is 3.59. The van der Waals surface area contributed by atoms with E-state index in [1.54, 1.807) is 0 Å². The van der Waals surface area contributed by atoms with Crippen LogP contribution in [0.5, 0.6) is 0 Å². The lowest BCUT2D eigenvalue weighted by molar-refractivity contribution is 0.213. The van der Waals surface area contributed by atoms with Crippen molar-refractivity contribution in [1.29, 1.82) is 0 Å². The van der Waals surface area contributed by atoms with E-state index in [0.717, 1.165) is 68.6 Å². The summed E-state index contributed by atoms with van der Waals surface area (Å²) in [6.07, 6.45) is 6.80. The maximum atomic E-state index is 12.2. The molecule has 1 saturated heterocycles. The Labute approximate surface area is 195 Å². The van der Waals surface area contributed by atoms with E-state index in [1.165, 1.54) is 12.8 Å². The number of nitrogens with one attached hydrogen (secondary N) is 2. The molecule has 3 rings (SSSR count). The second kappa shape index (κ2) is 12.3. The lowest BCUT2D eigenvalue weighted by Crippen LogP contribution is -2.48. The van der Waals surface area contributed by atoms with Crippen LogP contribution in [0.15, 0.2) is 21.5 Å². The zero-order chi connectivity index (χ0) is 19.9. The molecule has 0 aromatic carbocycles. The first kappa shape index (κ1) is 24.7. The first-order valence-corrected chi connectivity index (χ1v) is 12.1. The Balaban J connectivity index is 0.00000300. The second-order valence-corrected chi connectivity index (χ2v) is 9.97. The van der Waals surface area contributed by atoms with Gasteiger partial charge in [0, 0.05) is 41.4 Å². The smallest absolute Gasteiger partial charge is 0.191 e. The molecule has 1 aromatic rings. The quantitative estimate of drug-likeness (QED) is 0.317. The molecule has 0 amide bonds. The van der Waals surface area contributed by atoms with E-state index in [1.807, 2.05) is 27.0 Å². The van der Waals surface area contributed by atoms with E-state index < -0.39 is 10.8 Å². The number of hydrogen-bond acceptors (Lipinski definition) is 4. The highest BCUT2D eigenvalue weighted by atomic mass is 127. The first-order valence-electron chi connectivity index (χ1n) is 10.8. The van der Waals surface area contributed by atoms with Crippen molar-refractivity contribution in [2.24, 2.45) is 4.99 Å². The molecule has 29 heavy (non-hydrogen) atoms. The van der Waals surface area contributed by atoms with Gasteiger partial charge >= 0.3 is 0 Å². The fourth-order valence-corrected chi connectivity index (χ4v) is 5.78. The maximum Gasteiger partial charge on any atom is 0.191 e. The van der Waals surface area contributed by atoms with E-state index in [-0.39, 0.29) is 30.0 Å². The number of halogens is 1. The Morgan fingerprint density at radius 1 is 1.31 bits per heavy atom. The van der Waals surface area contributed by atoms with Gasteiger partial charge in [0.25, 0.3) is 0 Å². The molecule has 6 nitrogen and oxygen atoms in total. The predicted molar refractivity (Wildman–Crippen MR) is 132 cm³/mol. The number of nitrogens with zero attached hydrogens (tertiary/aromatic N) is 2. The van der Waals surface area contributed by atoms with Gasteiger partial charge in [-0.05, 0) is 64.3 Å². The van der Waals surface area contributed by atoms with Crippen LogP contribution in [0.4, 0.5) is 0 Å². The fraction of sp³-hybridized carbons (Fsp3) is 0.762. The minimum atomic E-state index is -0.706. The van der Waals surface area contributed by atoms with Crippen LogP contribution in [0.25, 0.3) is 0 Å². The molecule has 1 saturated carbocycles. The third-order valence-corrected chi connectivity index (χ3v) is 7.72. The van der Waals surface area contributed by atoms with Crippen LogP contribution in [-0.4, -0.2) is 58.8 Å². The summed E-state index contributed by atoms with van der Waals surface area (Å²) in [6.45, 7) is 7.01. The van der Waals surface area contributed by atoms with Gasteiger partial charge < -0.3 is 15.1 Å². The van der Waals surface area contributed by atoms with Gasteiger partial charge in [0.15, 0.2) is 5.96 Å². The summed E-state index contributed by atoms with van der Waals surface area (Å²) in [5, 5.41) is 7.41. The molecule has 0 radical (unpaired) electrons. The van der Waals surface area contributed by atoms with Gasteiger partial charge in [-0.15, -0.1) is 24.0 Å². The fourth-order valence-electron chi connectivity index (χ4n) is 4.43. The maximum absolute atomic E-state index is 12.2. The van der Waals surface area contributed by atoms with E-state index in [4.69, 9.17) is 4.42 Å². The molecule has 4 unspecified atom stereocenters. The number of likely N-dealkylation sites (tertiary alicyclic amines) is 1. The Morgan fingerprint density at radius 3 is 2.69 bits per heavy atom. The van der Waals surface area contributed by atoms with Gasteiger partial charge in [-0.2, -0.15) is 0 Å². The molecule has 2 N–H and O–H groups in total. The summed E-state index contributed by atoms with van der Waals surface area (Å²) in [7, 11) is 1.12.